The molecule has 2 aromatic carbocycles. The molecule has 3 aromatic rings. The standard InChI is InChI=1S/C23H25FN4O6/c24-17-5-3-16(4-6-17)20(26-10-12-33-13-11-26)15-25-22(29)2-1-9-27-19-8-7-18(28(31)32)14-21(19)34-23(27)30/h3-8,14,20H,1-2,9-13,15H2,(H,25,29)/t20-/m1/s1. The molecule has 1 saturated heterocycles. The molecule has 0 unspecified atom stereocenters. The Labute approximate surface area is 194 Å². The van der Waals surface area contributed by atoms with Crippen LogP contribution in [0, 0.1) is 15.9 Å². The van der Waals surface area contributed by atoms with Crippen molar-refractivity contribution in [3.8, 4) is 0 Å². The van der Waals surface area contributed by atoms with Crippen molar-refractivity contribution in [3.05, 3.63) is 74.5 Å². The second-order valence-corrected chi connectivity index (χ2v) is 8.05. The van der Waals surface area contributed by atoms with E-state index < -0.39 is 10.7 Å². The number of carbonyl (C=O) groups excluding carboxylic acids is 1. The van der Waals surface area contributed by atoms with Crippen LogP contribution in [0.3, 0.4) is 0 Å². The number of nitrogens with zero attached hydrogens (tertiary/aromatic N) is 3. The fourth-order valence-electron chi connectivity index (χ4n) is 4.11. The molecule has 1 atom stereocenters. The molecule has 0 spiro atoms. The average molecular weight is 472 g/mol. The number of nitrogens with one attached hydrogen (secondary N) is 1. The van der Waals surface area contributed by atoms with Crippen LogP contribution in [0.2, 0.25) is 0 Å². The molecular weight excluding hydrogens is 447 g/mol. The van der Waals surface area contributed by atoms with Gasteiger partial charge in [-0.05, 0) is 30.2 Å². The van der Waals surface area contributed by atoms with Crippen LogP contribution >= 0.6 is 0 Å². The minimum Gasteiger partial charge on any atom is -0.407 e. The quantitative estimate of drug-likeness (QED) is 0.375. The van der Waals surface area contributed by atoms with E-state index in [4.69, 9.17) is 9.15 Å². The number of amides is 1. The number of nitro groups is 1. The molecule has 1 aliphatic heterocycles. The number of fused-ring (bicyclic) bond motifs is 1. The first-order valence-corrected chi connectivity index (χ1v) is 11.0. The highest BCUT2D eigenvalue weighted by atomic mass is 19.1. The molecular formula is C23H25FN4O6. The molecule has 1 fully saturated rings. The lowest BCUT2D eigenvalue weighted by Gasteiger charge is -2.35. The van der Waals surface area contributed by atoms with E-state index in [2.05, 4.69) is 10.2 Å². The lowest BCUT2D eigenvalue weighted by molar-refractivity contribution is -0.384. The maximum atomic E-state index is 13.4. The summed E-state index contributed by atoms with van der Waals surface area (Å²) in [6.07, 6.45) is 0.571. The van der Waals surface area contributed by atoms with Crippen molar-refractivity contribution in [3.63, 3.8) is 0 Å². The molecule has 2 heterocycles. The number of aryl methyl sites for hydroxylation is 1. The van der Waals surface area contributed by atoms with Crippen molar-refractivity contribution in [1.29, 1.82) is 0 Å². The number of benzene rings is 2. The number of hydrogen-bond acceptors (Lipinski definition) is 7. The Bertz CT molecular complexity index is 1220. The van der Waals surface area contributed by atoms with Crippen molar-refractivity contribution in [2.45, 2.75) is 25.4 Å². The van der Waals surface area contributed by atoms with E-state index in [0.717, 1.165) is 5.56 Å². The van der Waals surface area contributed by atoms with Crippen molar-refractivity contribution in [2.75, 3.05) is 32.8 Å². The molecule has 0 radical (unpaired) electrons. The third-order valence-corrected chi connectivity index (χ3v) is 5.88. The molecule has 0 bridgehead atoms. The number of non-ortho nitro benzene ring substituents is 1. The smallest absolute Gasteiger partial charge is 0.407 e. The van der Waals surface area contributed by atoms with Crippen LogP contribution < -0.4 is 11.1 Å². The highest BCUT2D eigenvalue weighted by Gasteiger charge is 2.23. The molecule has 1 amide bonds. The van der Waals surface area contributed by atoms with Gasteiger partial charge in [-0.25, -0.2) is 9.18 Å². The van der Waals surface area contributed by atoms with Gasteiger partial charge in [-0.15, -0.1) is 0 Å². The normalized spacial score (nSPS) is 15.3. The Hall–Kier alpha value is -3.57. The summed E-state index contributed by atoms with van der Waals surface area (Å²) in [6.45, 7) is 3.23. The van der Waals surface area contributed by atoms with Crippen LogP contribution in [0.25, 0.3) is 11.1 Å². The van der Waals surface area contributed by atoms with E-state index in [9.17, 15) is 24.1 Å². The summed E-state index contributed by atoms with van der Waals surface area (Å²) in [5.74, 6) is -1.11. The zero-order valence-electron chi connectivity index (χ0n) is 18.4. The Kier molecular flexibility index (Phi) is 7.33. The molecule has 1 aromatic heterocycles. The fraction of sp³-hybridized carbons (Fsp3) is 0.391. The number of hydrogen-bond donors (Lipinski definition) is 1. The van der Waals surface area contributed by atoms with Crippen LogP contribution in [0.1, 0.15) is 24.4 Å². The number of oxazole rings is 1. The summed E-state index contributed by atoms with van der Waals surface area (Å²) in [5, 5.41) is 13.9. The fourth-order valence-corrected chi connectivity index (χ4v) is 4.11. The number of morpholine rings is 1. The van der Waals surface area contributed by atoms with Gasteiger partial charge >= 0.3 is 5.76 Å². The van der Waals surface area contributed by atoms with Gasteiger partial charge in [0.1, 0.15) is 5.82 Å². The van der Waals surface area contributed by atoms with Gasteiger partial charge in [0.05, 0.1) is 35.8 Å². The lowest BCUT2D eigenvalue weighted by Crippen LogP contribution is -2.43. The van der Waals surface area contributed by atoms with E-state index in [1.54, 1.807) is 12.1 Å². The Balaban J connectivity index is 1.35. The van der Waals surface area contributed by atoms with Crippen molar-refractivity contribution in [1.82, 2.24) is 14.8 Å². The molecule has 34 heavy (non-hydrogen) atoms. The number of halogens is 1. The molecule has 0 saturated carbocycles. The predicted molar refractivity (Wildman–Crippen MR) is 121 cm³/mol. The molecule has 1 aliphatic rings. The first kappa shape index (κ1) is 23.6. The van der Waals surface area contributed by atoms with Gasteiger partial charge in [-0.2, -0.15) is 0 Å². The number of rotatable bonds is 9. The zero-order chi connectivity index (χ0) is 24.1. The van der Waals surface area contributed by atoms with Crippen LogP contribution in [0.5, 0.6) is 0 Å². The zero-order valence-corrected chi connectivity index (χ0v) is 18.4. The number of aromatic nitrogens is 1. The van der Waals surface area contributed by atoms with Gasteiger partial charge < -0.3 is 14.5 Å². The molecule has 0 aliphatic carbocycles. The molecule has 10 nitrogen and oxygen atoms in total. The second kappa shape index (κ2) is 10.6. The van der Waals surface area contributed by atoms with E-state index in [0.29, 0.717) is 44.8 Å². The van der Waals surface area contributed by atoms with E-state index in [-0.39, 0.29) is 42.0 Å². The summed E-state index contributed by atoms with van der Waals surface area (Å²) < 4.78 is 25.3. The number of carbonyl (C=O) groups is 1. The highest BCUT2D eigenvalue weighted by Crippen LogP contribution is 2.22. The topological polar surface area (TPSA) is 120 Å². The van der Waals surface area contributed by atoms with Crippen molar-refractivity contribution < 1.29 is 23.3 Å². The summed E-state index contributed by atoms with van der Waals surface area (Å²) >= 11 is 0. The Morgan fingerprint density at radius 2 is 1.91 bits per heavy atom. The monoisotopic (exact) mass is 472 g/mol. The third kappa shape index (κ3) is 5.49. The molecule has 1 N–H and O–H groups in total. The maximum Gasteiger partial charge on any atom is 0.419 e. The van der Waals surface area contributed by atoms with Gasteiger partial charge in [0, 0.05) is 38.7 Å². The first-order valence-electron chi connectivity index (χ1n) is 11.0. The van der Waals surface area contributed by atoms with Crippen LogP contribution in [-0.4, -0.2) is 53.1 Å². The van der Waals surface area contributed by atoms with Gasteiger partial charge in [-0.1, -0.05) is 12.1 Å². The summed E-state index contributed by atoms with van der Waals surface area (Å²) in [5.41, 5.74) is 1.33. The van der Waals surface area contributed by atoms with E-state index >= 15 is 0 Å². The predicted octanol–water partition coefficient (Wildman–Crippen LogP) is 2.61. The van der Waals surface area contributed by atoms with Crippen LogP contribution in [-0.2, 0) is 16.1 Å². The van der Waals surface area contributed by atoms with Gasteiger partial charge in [0.15, 0.2) is 5.58 Å². The van der Waals surface area contributed by atoms with Gasteiger partial charge in [-0.3, -0.25) is 24.4 Å². The molecule has 11 heteroatoms. The number of ether oxygens (including phenoxy) is 1. The Morgan fingerprint density at radius 3 is 2.62 bits per heavy atom. The Morgan fingerprint density at radius 1 is 1.18 bits per heavy atom. The summed E-state index contributed by atoms with van der Waals surface area (Å²) in [7, 11) is 0. The summed E-state index contributed by atoms with van der Waals surface area (Å²) in [6, 6.07) is 10.1. The molecule has 180 valence electrons. The van der Waals surface area contributed by atoms with E-state index in [1.807, 2.05) is 0 Å². The SMILES string of the molecule is O=C(CCCn1c(=O)oc2cc([N+](=O)[O-])ccc21)NC[C@H](c1ccc(F)cc1)N1CCOCC1. The van der Waals surface area contributed by atoms with E-state index in [1.165, 1.54) is 34.9 Å². The van der Waals surface area contributed by atoms with Gasteiger partial charge in [0.2, 0.25) is 5.91 Å². The largest absolute Gasteiger partial charge is 0.419 e. The highest BCUT2D eigenvalue weighted by molar-refractivity contribution is 5.76. The second-order valence-electron chi connectivity index (χ2n) is 8.05. The third-order valence-electron chi connectivity index (χ3n) is 5.88. The van der Waals surface area contributed by atoms with Crippen molar-refractivity contribution >= 4 is 22.7 Å². The average Bonchev–Trinajstić information content (AvgIpc) is 3.15. The lowest BCUT2D eigenvalue weighted by atomic mass is 10.0. The molecule has 4 rings (SSSR count). The number of nitro benzene ring substituents is 1. The van der Waals surface area contributed by atoms with Gasteiger partial charge in [0.25, 0.3) is 5.69 Å². The van der Waals surface area contributed by atoms with Crippen LogP contribution in [0.15, 0.2) is 51.7 Å². The minimum atomic E-state index is -0.625. The maximum absolute atomic E-state index is 13.4. The minimum absolute atomic E-state index is 0.107. The van der Waals surface area contributed by atoms with Crippen LogP contribution in [0.4, 0.5) is 10.1 Å². The summed E-state index contributed by atoms with van der Waals surface area (Å²) in [4.78, 5) is 37.2. The van der Waals surface area contributed by atoms with Crippen molar-refractivity contribution in [2.24, 2.45) is 0 Å². The first-order chi connectivity index (χ1) is 16.4.